The van der Waals surface area contributed by atoms with Crippen molar-refractivity contribution >= 4 is 35.5 Å². The molecule has 4 atom stereocenters. The van der Waals surface area contributed by atoms with Crippen LogP contribution in [-0.4, -0.2) is 74.7 Å². The zero-order chi connectivity index (χ0) is 25.1. The number of hydrogen-bond acceptors (Lipinski definition) is 8. The number of amides is 5. The Hall–Kier alpha value is -4.01. The fourth-order valence-electron chi connectivity index (χ4n) is 2.59. The molecule has 11 N–H and O–H groups in total. The molecule has 15 nitrogen and oxygen atoms in total. The highest BCUT2D eigenvalue weighted by Crippen LogP contribution is 2.03. The smallest absolute Gasteiger partial charge is 0.325 e. The first-order valence-corrected chi connectivity index (χ1v) is 9.84. The van der Waals surface area contributed by atoms with Gasteiger partial charge in [0.1, 0.15) is 18.1 Å². The highest BCUT2D eigenvalue weighted by Gasteiger charge is 2.30. The SMILES string of the molecule is CC(NC(=O)C(CC(N)=O)NC(=O)C(Cc1cnc[nH]1)NC(=O)C(N)CCC(N)=O)C(=O)O. The molecule has 0 fully saturated rings. The van der Waals surface area contributed by atoms with E-state index in [9.17, 15) is 28.8 Å². The molecule has 15 heteroatoms. The zero-order valence-corrected chi connectivity index (χ0v) is 17.9. The predicted molar refractivity (Wildman–Crippen MR) is 112 cm³/mol. The third-order valence-electron chi connectivity index (χ3n) is 4.42. The summed E-state index contributed by atoms with van der Waals surface area (Å²) < 4.78 is 0. The summed E-state index contributed by atoms with van der Waals surface area (Å²) in [6.45, 7) is 1.19. The summed E-state index contributed by atoms with van der Waals surface area (Å²) in [5.41, 5.74) is 16.4. The number of nitrogens with zero attached hydrogens (tertiary/aromatic N) is 1. The van der Waals surface area contributed by atoms with Crippen molar-refractivity contribution in [1.82, 2.24) is 25.9 Å². The molecule has 1 aromatic heterocycles. The minimum absolute atomic E-state index is 0.0562. The van der Waals surface area contributed by atoms with E-state index in [0.29, 0.717) is 5.69 Å². The van der Waals surface area contributed by atoms with Crippen LogP contribution >= 0.6 is 0 Å². The number of H-pyrrole nitrogens is 1. The number of aromatic nitrogens is 2. The van der Waals surface area contributed by atoms with Crippen LogP contribution in [0, 0.1) is 0 Å². The number of imidazole rings is 1. The maximum Gasteiger partial charge on any atom is 0.325 e. The Labute approximate surface area is 188 Å². The van der Waals surface area contributed by atoms with E-state index >= 15 is 0 Å². The van der Waals surface area contributed by atoms with Gasteiger partial charge in [-0.3, -0.25) is 28.8 Å². The van der Waals surface area contributed by atoms with Crippen molar-refractivity contribution in [3.63, 3.8) is 0 Å². The van der Waals surface area contributed by atoms with Crippen molar-refractivity contribution in [1.29, 1.82) is 0 Å². The van der Waals surface area contributed by atoms with Crippen molar-refractivity contribution in [3.8, 4) is 0 Å². The molecule has 0 radical (unpaired) electrons. The Balaban J connectivity index is 2.99. The van der Waals surface area contributed by atoms with Crippen LogP contribution in [-0.2, 0) is 35.2 Å². The van der Waals surface area contributed by atoms with E-state index in [0.717, 1.165) is 0 Å². The topological polar surface area (TPSA) is 265 Å². The largest absolute Gasteiger partial charge is 0.480 e. The summed E-state index contributed by atoms with van der Waals surface area (Å²) in [7, 11) is 0. The fourth-order valence-corrected chi connectivity index (χ4v) is 2.59. The molecule has 0 saturated heterocycles. The number of nitrogens with two attached hydrogens (primary N) is 3. The number of hydrogen-bond donors (Lipinski definition) is 8. The Morgan fingerprint density at radius 2 is 1.61 bits per heavy atom. The number of carboxylic acids is 1. The Morgan fingerprint density at radius 3 is 2.12 bits per heavy atom. The maximum absolute atomic E-state index is 12.9. The summed E-state index contributed by atoms with van der Waals surface area (Å²) in [6.07, 6.45) is 1.85. The Morgan fingerprint density at radius 1 is 1.00 bits per heavy atom. The first-order valence-electron chi connectivity index (χ1n) is 9.84. The summed E-state index contributed by atoms with van der Waals surface area (Å²) in [4.78, 5) is 77.5. The van der Waals surface area contributed by atoms with Crippen LogP contribution in [0.2, 0.25) is 0 Å². The van der Waals surface area contributed by atoms with Crippen LogP contribution in [0.1, 0.15) is 31.9 Å². The number of carboxylic acid groups (broad SMARTS) is 1. The number of primary amides is 2. The monoisotopic (exact) mass is 468 g/mol. The van der Waals surface area contributed by atoms with Gasteiger partial charge in [-0.2, -0.15) is 0 Å². The molecule has 0 bridgehead atoms. The van der Waals surface area contributed by atoms with Gasteiger partial charge in [0, 0.05) is 24.7 Å². The van der Waals surface area contributed by atoms with Gasteiger partial charge in [-0.05, 0) is 13.3 Å². The van der Waals surface area contributed by atoms with Crippen LogP contribution in [0.3, 0.4) is 0 Å². The molecular weight excluding hydrogens is 440 g/mol. The molecule has 1 heterocycles. The third kappa shape index (κ3) is 9.77. The van der Waals surface area contributed by atoms with Crippen molar-refractivity contribution in [2.75, 3.05) is 0 Å². The Kier molecular flexibility index (Phi) is 10.4. The second kappa shape index (κ2) is 12.7. The number of nitrogens with one attached hydrogen (secondary N) is 4. The van der Waals surface area contributed by atoms with Crippen LogP contribution < -0.4 is 33.2 Å². The molecule has 4 unspecified atom stereocenters. The lowest BCUT2D eigenvalue weighted by molar-refractivity contribution is -0.142. The maximum atomic E-state index is 12.9. The zero-order valence-electron chi connectivity index (χ0n) is 17.9. The minimum Gasteiger partial charge on any atom is -0.480 e. The van der Waals surface area contributed by atoms with Crippen LogP contribution in [0.25, 0.3) is 0 Å². The number of carbonyl (C=O) groups excluding carboxylic acids is 5. The second-order valence-electron chi connectivity index (χ2n) is 7.25. The van der Waals surface area contributed by atoms with E-state index in [4.69, 9.17) is 22.3 Å². The highest BCUT2D eigenvalue weighted by atomic mass is 16.4. The summed E-state index contributed by atoms with van der Waals surface area (Å²) >= 11 is 0. The average molecular weight is 468 g/mol. The number of carbonyl (C=O) groups is 6. The van der Waals surface area contributed by atoms with E-state index in [1.165, 1.54) is 19.4 Å². The van der Waals surface area contributed by atoms with Gasteiger partial charge in [0.25, 0.3) is 0 Å². The molecule has 0 saturated carbocycles. The molecule has 0 aliphatic rings. The molecule has 182 valence electrons. The third-order valence-corrected chi connectivity index (χ3v) is 4.42. The lowest BCUT2D eigenvalue weighted by atomic mass is 10.1. The molecule has 1 rings (SSSR count). The highest BCUT2D eigenvalue weighted by molar-refractivity contribution is 5.96. The van der Waals surface area contributed by atoms with E-state index in [2.05, 4.69) is 25.9 Å². The van der Waals surface area contributed by atoms with Gasteiger partial charge in [-0.25, -0.2) is 4.98 Å². The quantitative estimate of drug-likeness (QED) is 0.132. The molecule has 0 aliphatic carbocycles. The molecule has 0 aliphatic heterocycles. The molecule has 0 aromatic carbocycles. The fraction of sp³-hybridized carbons (Fsp3) is 0.500. The molecular formula is C18H28N8O7. The van der Waals surface area contributed by atoms with Gasteiger partial charge < -0.3 is 43.2 Å². The van der Waals surface area contributed by atoms with Crippen molar-refractivity contribution in [2.45, 2.75) is 56.8 Å². The molecule has 1 aromatic rings. The summed E-state index contributed by atoms with van der Waals surface area (Å²) in [6, 6.07) is -5.21. The van der Waals surface area contributed by atoms with Gasteiger partial charge in [-0.1, -0.05) is 0 Å². The normalized spacial score (nSPS) is 14.2. The second-order valence-corrected chi connectivity index (χ2v) is 7.25. The predicted octanol–water partition coefficient (Wildman–Crippen LogP) is -4.02. The summed E-state index contributed by atoms with van der Waals surface area (Å²) in [5, 5.41) is 15.8. The van der Waals surface area contributed by atoms with Gasteiger partial charge in [0.2, 0.25) is 29.5 Å². The van der Waals surface area contributed by atoms with Crippen LogP contribution in [0.5, 0.6) is 0 Å². The van der Waals surface area contributed by atoms with Crippen molar-refractivity contribution in [3.05, 3.63) is 18.2 Å². The molecule has 0 spiro atoms. The average Bonchev–Trinajstić information content (AvgIpc) is 3.23. The van der Waals surface area contributed by atoms with E-state index < -0.39 is 66.1 Å². The lowest BCUT2D eigenvalue weighted by Crippen LogP contribution is -2.58. The van der Waals surface area contributed by atoms with Gasteiger partial charge >= 0.3 is 5.97 Å². The summed E-state index contributed by atoms with van der Waals surface area (Å²) in [5.74, 6) is -5.50. The first kappa shape index (κ1) is 27.0. The molecule has 33 heavy (non-hydrogen) atoms. The van der Waals surface area contributed by atoms with Gasteiger partial charge in [-0.15, -0.1) is 0 Å². The van der Waals surface area contributed by atoms with Crippen LogP contribution in [0.15, 0.2) is 12.5 Å². The van der Waals surface area contributed by atoms with Gasteiger partial charge in [0.15, 0.2) is 0 Å². The number of aromatic amines is 1. The Bertz CT molecular complexity index is 873. The molecule has 5 amide bonds. The minimum atomic E-state index is -1.50. The van der Waals surface area contributed by atoms with E-state index in [-0.39, 0.29) is 19.3 Å². The standard InChI is InChI=1S/C18H28N8O7/c1-8(18(32)33)24-16(30)12(5-14(21)28)26-17(31)11(4-9-6-22-7-23-9)25-15(29)10(19)2-3-13(20)27/h6-8,10-12H,2-5,19H2,1H3,(H2,20,27)(H2,21,28)(H,22,23)(H,24,30)(H,25,29)(H,26,31)(H,32,33). The number of aliphatic carboxylic acids is 1. The van der Waals surface area contributed by atoms with E-state index in [1.54, 1.807) is 0 Å². The van der Waals surface area contributed by atoms with Crippen LogP contribution in [0.4, 0.5) is 0 Å². The number of rotatable bonds is 14. The lowest BCUT2D eigenvalue weighted by Gasteiger charge is -2.24. The van der Waals surface area contributed by atoms with Gasteiger partial charge in [0.05, 0.1) is 18.8 Å². The van der Waals surface area contributed by atoms with Crippen molar-refractivity contribution < 1.29 is 33.9 Å². The first-order chi connectivity index (χ1) is 15.4. The van der Waals surface area contributed by atoms with Crippen molar-refractivity contribution in [2.24, 2.45) is 17.2 Å². The van der Waals surface area contributed by atoms with E-state index in [1.807, 2.05) is 0 Å².